The Morgan fingerprint density at radius 2 is 1.95 bits per heavy atom. The van der Waals surface area contributed by atoms with Crippen LogP contribution in [-0.4, -0.2) is 57.7 Å². The van der Waals surface area contributed by atoms with Crippen molar-refractivity contribution in [3.63, 3.8) is 0 Å². The molecule has 1 amide bonds. The first kappa shape index (κ1) is 18.0. The third-order valence-corrected chi connectivity index (χ3v) is 3.15. The molecule has 122 valence electrons. The molecule has 2 N–H and O–H groups in total. The highest BCUT2D eigenvalue weighted by Crippen LogP contribution is 2.05. The van der Waals surface area contributed by atoms with Gasteiger partial charge in [0.05, 0.1) is 13.2 Å². The predicted octanol–water partition coefficient (Wildman–Crippen LogP) is 0.765. The molecule has 0 bridgehead atoms. The van der Waals surface area contributed by atoms with Crippen LogP contribution in [0.4, 0.5) is 0 Å². The molecule has 22 heavy (non-hydrogen) atoms. The Bertz CT molecular complexity index is 485. The van der Waals surface area contributed by atoms with E-state index in [4.69, 9.17) is 4.74 Å². The molecule has 1 aromatic carbocycles. The largest absolute Gasteiger partial charge is 0.383 e. The Morgan fingerprint density at radius 3 is 2.55 bits per heavy atom. The number of rotatable bonds is 7. The van der Waals surface area contributed by atoms with Gasteiger partial charge in [0.15, 0.2) is 5.96 Å². The number of hydrogen-bond acceptors (Lipinski definition) is 3. The number of ether oxygens (including phenoxy) is 1. The first-order valence-electron chi connectivity index (χ1n) is 7.29. The standard InChI is InChI=1S/C16H26N4O2/c1-13-5-7-14(8-6-13)12-20(3)16(17-2)19-11-15(21)18-9-10-22-4/h5-8H,9-12H2,1-4H3,(H,17,19)(H,18,21). The SMILES string of the molecule is CN=C(NCC(=O)NCCOC)N(C)Cc1ccc(C)cc1. The number of carbonyl (C=O) groups is 1. The van der Waals surface area contributed by atoms with Gasteiger partial charge < -0.3 is 20.3 Å². The van der Waals surface area contributed by atoms with Crippen LogP contribution in [0.5, 0.6) is 0 Å². The first-order valence-corrected chi connectivity index (χ1v) is 7.29. The van der Waals surface area contributed by atoms with Crippen molar-refractivity contribution < 1.29 is 9.53 Å². The maximum atomic E-state index is 11.7. The van der Waals surface area contributed by atoms with Crippen molar-refractivity contribution in [2.24, 2.45) is 4.99 Å². The molecule has 0 aliphatic carbocycles. The number of hydrogen-bond donors (Lipinski definition) is 2. The van der Waals surface area contributed by atoms with Gasteiger partial charge in [0.2, 0.25) is 5.91 Å². The van der Waals surface area contributed by atoms with E-state index >= 15 is 0 Å². The topological polar surface area (TPSA) is 66.0 Å². The normalized spacial score (nSPS) is 11.2. The monoisotopic (exact) mass is 306 g/mol. The fourth-order valence-corrected chi connectivity index (χ4v) is 1.94. The molecular weight excluding hydrogens is 280 g/mol. The lowest BCUT2D eigenvalue weighted by Gasteiger charge is -2.22. The number of amides is 1. The summed E-state index contributed by atoms with van der Waals surface area (Å²) >= 11 is 0. The average molecular weight is 306 g/mol. The van der Waals surface area contributed by atoms with E-state index in [9.17, 15) is 4.79 Å². The van der Waals surface area contributed by atoms with Gasteiger partial charge in [0.1, 0.15) is 0 Å². The minimum atomic E-state index is -0.0815. The number of nitrogens with one attached hydrogen (secondary N) is 2. The van der Waals surface area contributed by atoms with Crippen molar-refractivity contribution in [3.8, 4) is 0 Å². The summed E-state index contributed by atoms with van der Waals surface area (Å²) in [6.45, 7) is 4.00. The minimum absolute atomic E-state index is 0.0815. The van der Waals surface area contributed by atoms with Crippen LogP contribution < -0.4 is 10.6 Å². The zero-order chi connectivity index (χ0) is 16.4. The smallest absolute Gasteiger partial charge is 0.239 e. The molecule has 1 rings (SSSR count). The molecule has 0 aromatic heterocycles. The van der Waals surface area contributed by atoms with E-state index in [0.29, 0.717) is 19.1 Å². The first-order chi connectivity index (χ1) is 10.6. The van der Waals surface area contributed by atoms with Gasteiger partial charge in [-0.3, -0.25) is 9.79 Å². The van der Waals surface area contributed by atoms with E-state index in [1.807, 2.05) is 11.9 Å². The number of guanidine groups is 1. The Morgan fingerprint density at radius 1 is 1.27 bits per heavy atom. The van der Waals surface area contributed by atoms with Crippen LogP contribution in [0, 0.1) is 6.92 Å². The second kappa shape index (κ2) is 9.78. The van der Waals surface area contributed by atoms with E-state index in [0.717, 1.165) is 6.54 Å². The number of aliphatic imine (C=N–C) groups is 1. The van der Waals surface area contributed by atoms with Gasteiger partial charge >= 0.3 is 0 Å². The molecule has 0 fully saturated rings. The molecule has 6 nitrogen and oxygen atoms in total. The molecule has 6 heteroatoms. The molecule has 0 spiro atoms. The number of carbonyl (C=O) groups excluding carboxylic acids is 1. The van der Waals surface area contributed by atoms with Gasteiger partial charge in [-0.05, 0) is 12.5 Å². The van der Waals surface area contributed by atoms with Crippen molar-refractivity contribution in [2.75, 3.05) is 40.9 Å². The van der Waals surface area contributed by atoms with Crippen LogP contribution >= 0.6 is 0 Å². The highest BCUT2D eigenvalue weighted by molar-refractivity contribution is 5.86. The minimum Gasteiger partial charge on any atom is -0.383 e. The Hall–Kier alpha value is -2.08. The van der Waals surface area contributed by atoms with Gasteiger partial charge in [0.25, 0.3) is 0 Å². The third kappa shape index (κ3) is 6.58. The van der Waals surface area contributed by atoms with Crippen molar-refractivity contribution in [1.29, 1.82) is 0 Å². The van der Waals surface area contributed by atoms with Crippen LogP contribution in [-0.2, 0) is 16.1 Å². The number of nitrogens with zero attached hydrogens (tertiary/aromatic N) is 2. The number of aryl methyl sites for hydroxylation is 1. The maximum Gasteiger partial charge on any atom is 0.239 e. The number of methoxy groups -OCH3 is 1. The molecule has 0 aliphatic heterocycles. The molecule has 0 aliphatic rings. The fourth-order valence-electron chi connectivity index (χ4n) is 1.94. The second-order valence-electron chi connectivity index (χ2n) is 5.09. The summed E-state index contributed by atoms with van der Waals surface area (Å²) in [5.74, 6) is 0.601. The lowest BCUT2D eigenvalue weighted by atomic mass is 10.1. The van der Waals surface area contributed by atoms with E-state index in [1.165, 1.54) is 11.1 Å². The van der Waals surface area contributed by atoms with Gasteiger partial charge in [-0.1, -0.05) is 29.8 Å². The molecule has 0 saturated carbocycles. The second-order valence-corrected chi connectivity index (χ2v) is 5.09. The quantitative estimate of drug-likeness (QED) is 0.443. The van der Waals surface area contributed by atoms with Gasteiger partial charge in [-0.25, -0.2) is 0 Å². The molecular formula is C16H26N4O2. The third-order valence-electron chi connectivity index (χ3n) is 3.15. The summed E-state index contributed by atoms with van der Waals surface area (Å²) in [5, 5.41) is 5.81. The van der Waals surface area contributed by atoms with Crippen LogP contribution in [0.1, 0.15) is 11.1 Å². The molecule has 0 heterocycles. The number of benzene rings is 1. The van der Waals surface area contributed by atoms with E-state index in [2.05, 4.69) is 46.8 Å². The zero-order valence-electron chi connectivity index (χ0n) is 13.8. The van der Waals surface area contributed by atoms with Crippen molar-refractivity contribution in [3.05, 3.63) is 35.4 Å². The van der Waals surface area contributed by atoms with Gasteiger partial charge in [0, 0.05) is 34.3 Å². The van der Waals surface area contributed by atoms with Crippen LogP contribution in [0.25, 0.3) is 0 Å². The summed E-state index contributed by atoms with van der Waals surface area (Å²) in [5.41, 5.74) is 2.43. The van der Waals surface area contributed by atoms with Gasteiger partial charge in [-0.15, -0.1) is 0 Å². The lowest BCUT2D eigenvalue weighted by molar-refractivity contribution is -0.120. The average Bonchev–Trinajstić information content (AvgIpc) is 2.50. The summed E-state index contributed by atoms with van der Waals surface area (Å²) < 4.78 is 4.88. The molecule has 0 saturated heterocycles. The molecule has 0 atom stereocenters. The predicted molar refractivity (Wildman–Crippen MR) is 88.9 cm³/mol. The summed E-state index contributed by atoms with van der Waals surface area (Å²) in [7, 11) is 5.25. The fraction of sp³-hybridized carbons (Fsp3) is 0.500. The Labute approximate surface area is 132 Å². The van der Waals surface area contributed by atoms with Crippen molar-refractivity contribution in [2.45, 2.75) is 13.5 Å². The Balaban J connectivity index is 2.43. The summed E-state index contributed by atoms with van der Waals surface area (Å²) in [6.07, 6.45) is 0. The van der Waals surface area contributed by atoms with Crippen molar-refractivity contribution >= 4 is 11.9 Å². The van der Waals surface area contributed by atoms with Crippen LogP contribution in [0.15, 0.2) is 29.3 Å². The van der Waals surface area contributed by atoms with E-state index in [1.54, 1.807) is 14.2 Å². The molecule has 0 unspecified atom stereocenters. The van der Waals surface area contributed by atoms with E-state index in [-0.39, 0.29) is 12.5 Å². The molecule has 0 radical (unpaired) electrons. The maximum absolute atomic E-state index is 11.7. The summed E-state index contributed by atoms with van der Waals surface area (Å²) in [6, 6.07) is 8.36. The van der Waals surface area contributed by atoms with Crippen molar-refractivity contribution in [1.82, 2.24) is 15.5 Å². The summed E-state index contributed by atoms with van der Waals surface area (Å²) in [4.78, 5) is 17.8. The van der Waals surface area contributed by atoms with Crippen LogP contribution in [0.2, 0.25) is 0 Å². The van der Waals surface area contributed by atoms with Gasteiger partial charge in [-0.2, -0.15) is 0 Å². The Kier molecular flexibility index (Phi) is 7.99. The zero-order valence-corrected chi connectivity index (χ0v) is 13.8. The molecule has 1 aromatic rings. The lowest BCUT2D eigenvalue weighted by Crippen LogP contribution is -2.44. The highest BCUT2D eigenvalue weighted by atomic mass is 16.5. The van der Waals surface area contributed by atoms with E-state index < -0.39 is 0 Å². The highest BCUT2D eigenvalue weighted by Gasteiger charge is 2.08. The van der Waals surface area contributed by atoms with Crippen LogP contribution in [0.3, 0.4) is 0 Å².